The van der Waals surface area contributed by atoms with E-state index in [1.54, 1.807) is 55.4 Å². The lowest BCUT2D eigenvalue weighted by atomic mass is 9.92. The maximum Gasteiger partial charge on any atom is 0.264 e. The molecule has 2 aromatic carbocycles. The highest BCUT2D eigenvalue weighted by molar-refractivity contribution is 6.10. The highest BCUT2D eigenvalue weighted by Gasteiger charge is 2.35. The second-order valence-corrected chi connectivity index (χ2v) is 17.8. The van der Waals surface area contributed by atoms with Crippen LogP contribution >= 0.6 is 0 Å². The van der Waals surface area contributed by atoms with E-state index >= 15 is 0 Å². The third-order valence-electron chi connectivity index (χ3n) is 13.5. The number of carbonyl (C=O) groups excluding carboxylic acids is 5. The SMILES string of the molecule is CC(=O)N1CCc2c(c(N3CCCc4cc(-c5cnn(C)c5)c(C(F)F)cc43)nn2C2CCN(C(=O)CCCCCNc3ccc(C(=O)NC4CCC(=O)NC4=O)c4ncccc34)CC2)C1. The molecule has 3 N–H and O–H groups in total. The fraction of sp³-hybridized carbons (Fsp3) is 0.458. The molecule has 1 unspecified atom stereocenters. The molecule has 0 radical (unpaired) electrons. The number of rotatable bonds is 13. The number of unbranched alkanes of at least 4 members (excludes halogenated alkanes) is 2. The van der Waals surface area contributed by atoms with E-state index in [0.29, 0.717) is 74.3 Å². The minimum absolute atomic E-state index is 0.0165. The number of nitrogens with one attached hydrogen (secondary N) is 3. The van der Waals surface area contributed by atoms with E-state index in [1.165, 1.54) is 0 Å². The Kier molecular flexibility index (Phi) is 12.8. The summed E-state index contributed by atoms with van der Waals surface area (Å²) < 4.78 is 33.2. The Morgan fingerprint density at radius 2 is 1.79 bits per heavy atom. The van der Waals surface area contributed by atoms with Crippen molar-refractivity contribution in [3.8, 4) is 11.1 Å². The number of aromatic nitrogens is 5. The number of imide groups is 1. The van der Waals surface area contributed by atoms with Crippen LogP contribution in [0.1, 0.15) is 110 Å². The second-order valence-electron chi connectivity index (χ2n) is 17.8. The zero-order chi connectivity index (χ0) is 46.1. The number of amides is 5. The van der Waals surface area contributed by atoms with E-state index < -0.39 is 24.3 Å². The van der Waals surface area contributed by atoms with Crippen molar-refractivity contribution in [2.75, 3.05) is 42.9 Å². The zero-order valence-corrected chi connectivity index (χ0v) is 37.3. The summed E-state index contributed by atoms with van der Waals surface area (Å²) in [5, 5.41) is 18.7. The van der Waals surface area contributed by atoms with Gasteiger partial charge in [-0.15, -0.1) is 0 Å². The predicted molar refractivity (Wildman–Crippen MR) is 243 cm³/mol. The van der Waals surface area contributed by atoms with E-state index in [1.807, 2.05) is 28.0 Å². The lowest BCUT2D eigenvalue weighted by Gasteiger charge is -2.34. The molecule has 0 aliphatic carbocycles. The van der Waals surface area contributed by atoms with Crippen LogP contribution < -0.4 is 20.9 Å². The van der Waals surface area contributed by atoms with Crippen molar-refractivity contribution in [2.45, 2.75) is 103 Å². The number of nitrogens with zero attached hydrogens (tertiary/aromatic N) is 8. The van der Waals surface area contributed by atoms with Gasteiger partial charge in [-0.2, -0.15) is 10.2 Å². The number of fused-ring (bicyclic) bond motifs is 3. The van der Waals surface area contributed by atoms with Crippen LogP contribution in [0.5, 0.6) is 0 Å². The lowest BCUT2D eigenvalue weighted by molar-refractivity contribution is -0.135. The number of halogens is 2. The summed E-state index contributed by atoms with van der Waals surface area (Å²) >= 11 is 0. The molecule has 9 rings (SSSR count). The molecule has 0 spiro atoms. The summed E-state index contributed by atoms with van der Waals surface area (Å²) in [6, 6.07) is 9.97. The summed E-state index contributed by atoms with van der Waals surface area (Å²) in [6.45, 7) is 5.05. The molecule has 0 bridgehead atoms. The molecule has 0 saturated carbocycles. The van der Waals surface area contributed by atoms with Crippen LogP contribution in [0.3, 0.4) is 0 Å². The fourth-order valence-electron chi connectivity index (χ4n) is 9.97. The van der Waals surface area contributed by atoms with Crippen molar-refractivity contribution in [1.29, 1.82) is 0 Å². The normalized spacial score (nSPS) is 17.8. The summed E-state index contributed by atoms with van der Waals surface area (Å²) in [6.07, 6.45) is 9.28. The van der Waals surface area contributed by atoms with Gasteiger partial charge in [0, 0.05) is 117 Å². The predicted octanol–water partition coefficient (Wildman–Crippen LogP) is 6.13. The molecule has 346 valence electrons. The van der Waals surface area contributed by atoms with Gasteiger partial charge < -0.3 is 25.3 Å². The van der Waals surface area contributed by atoms with Crippen LogP contribution in [0.2, 0.25) is 0 Å². The van der Waals surface area contributed by atoms with Gasteiger partial charge >= 0.3 is 0 Å². The van der Waals surface area contributed by atoms with Crippen molar-refractivity contribution >= 4 is 57.6 Å². The van der Waals surface area contributed by atoms with Gasteiger partial charge in [-0.05, 0) is 92.5 Å². The van der Waals surface area contributed by atoms with Gasteiger partial charge in [0.2, 0.25) is 23.6 Å². The van der Waals surface area contributed by atoms with Crippen molar-refractivity contribution in [1.82, 2.24) is 45.0 Å². The average Bonchev–Trinajstić information content (AvgIpc) is 3.93. The minimum Gasteiger partial charge on any atom is -0.384 e. The maximum atomic E-state index is 14.7. The molecule has 18 heteroatoms. The molecule has 16 nitrogen and oxygen atoms in total. The zero-order valence-electron chi connectivity index (χ0n) is 37.3. The summed E-state index contributed by atoms with van der Waals surface area (Å²) in [5.74, 6) is -0.462. The first-order chi connectivity index (χ1) is 31.9. The Balaban J connectivity index is 0.804. The first-order valence-electron chi connectivity index (χ1n) is 23.0. The fourth-order valence-corrected chi connectivity index (χ4v) is 9.97. The number of piperidine rings is 2. The Bertz CT molecular complexity index is 2690. The van der Waals surface area contributed by atoms with E-state index in [9.17, 15) is 32.8 Å². The van der Waals surface area contributed by atoms with E-state index in [0.717, 1.165) is 84.3 Å². The monoisotopic (exact) mass is 903 g/mol. The smallest absolute Gasteiger partial charge is 0.264 e. The molecule has 2 saturated heterocycles. The van der Waals surface area contributed by atoms with E-state index in [2.05, 4.69) is 35.6 Å². The highest BCUT2D eigenvalue weighted by Crippen LogP contribution is 2.44. The molecule has 5 aromatic rings. The molecule has 3 aromatic heterocycles. The highest BCUT2D eigenvalue weighted by atomic mass is 19.3. The van der Waals surface area contributed by atoms with Crippen LogP contribution in [0.4, 0.5) is 26.0 Å². The summed E-state index contributed by atoms with van der Waals surface area (Å²) in [5.41, 5.74) is 6.49. The molecular formula is C48H55F2N11O5. The third kappa shape index (κ3) is 9.09. The molecular weight excluding hydrogens is 849 g/mol. The summed E-state index contributed by atoms with van der Waals surface area (Å²) in [4.78, 5) is 73.3. The number of anilines is 3. The molecule has 4 aliphatic heterocycles. The van der Waals surface area contributed by atoms with Gasteiger partial charge in [0.15, 0.2) is 5.82 Å². The number of aryl methyl sites for hydroxylation is 2. The number of pyridine rings is 1. The molecule has 1 atom stereocenters. The Morgan fingerprint density at radius 3 is 2.55 bits per heavy atom. The Labute approximate surface area is 381 Å². The summed E-state index contributed by atoms with van der Waals surface area (Å²) in [7, 11) is 1.77. The first-order valence-corrected chi connectivity index (χ1v) is 23.0. The van der Waals surface area contributed by atoms with Crippen LogP contribution in [0.15, 0.2) is 55.0 Å². The number of carbonyl (C=O) groups is 5. The standard InChI is InChI=1S/C48H55F2N11O5/c1-29(62)59-23-17-40-37(28-59)46(60-20-7-8-30-24-35(31-26-53-57(2)27-31)36(45(49)50)25-41(30)60)56-61(40)32-15-21-58(22-16-32)43(64)10-4-3-5-18-51-38-12-11-34(44-33(38)9-6-19-52-44)47(65)54-39-13-14-42(63)55-48(39)66/h6,9,11-12,19,24-27,32,39,45,51H,3-5,7-8,10,13-18,20-23,28H2,1-2H3,(H,54,65)(H,55,63,66). The number of hydrogen-bond acceptors (Lipinski definition) is 10. The molecule has 66 heavy (non-hydrogen) atoms. The van der Waals surface area contributed by atoms with Gasteiger partial charge in [-0.3, -0.25) is 43.6 Å². The van der Waals surface area contributed by atoms with Crippen LogP contribution in [-0.4, -0.2) is 103 Å². The van der Waals surface area contributed by atoms with Gasteiger partial charge in [-0.1, -0.05) is 6.42 Å². The van der Waals surface area contributed by atoms with Crippen LogP contribution in [0.25, 0.3) is 22.0 Å². The maximum absolute atomic E-state index is 14.7. The number of hydrogen-bond donors (Lipinski definition) is 3. The van der Waals surface area contributed by atoms with Crippen molar-refractivity contribution in [3.05, 3.63) is 82.9 Å². The second kappa shape index (κ2) is 19.0. The van der Waals surface area contributed by atoms with Crippen molar-refractivity contribution < 1.29 is 32.8 Å². The topological polar surface area (TPSA) is 180 Å². The Morgan fingerprint density at radius 1 is 0.955 bits per heavy atom. The third-order valence-corrected chi connectivity index (χ3v) is 13.5. The van der Waals surface area contributed by atoms with E-state index in [4.69, 9.17) is 5.10 Å². The van der Waals surface area contributed by atoms with Crippen molar-refractivity contribution in [3.63, 3.8) is 0 Å². The molecule has 7 heterocycles. The molecule has 5 amide bonds. The van der Waals surface area contributed by atoms with Crippen LogP contribution in [-0.2, 0) is 45.6 Å². The first kappa shape index (κ1) is 44.5. The number of likely N-dealkylation sites (tertiary alicyclic amines) is 1. The van der Waals surface area contributed by atoms with Gasteiger partial charge in [0.1, 0.15) is 6.04 Å². The minimum atomic E-state index is -2.69. The largest absolute Gasteiger partial charge is 0.384 e. The van der Waals surface area contributed by atoms with E-state index in [-0.39, 0.29) is 42.2 Å². The van der Waals surface area contributed by atoms with Gasteiger partial charge in [0.25, 0.3) is 12.3 Å². The van der Waals surface area contributed by atoms with Gasteiger partial charge in [-0.25, -0.2) is 8.78 Å². The quantitative estimate of drug-likeness (QED) is 0.0920. The molecule has 2 fully saturated rings. The van der Waals surface area contributed by atoms with Crippen molar-refractivity contribution in [2.24, 2.45) is 7.05 Å². The number of benzene rings is 2. The molecule has 4 aliphatic rings. The Hall–Kier alpha value is -6.72. The average molecular weight is 904 g/mol. The number of alkyl halides is 2. The lowest BCUT2D eigenvalue weighted by Crippen LogP contribution is -2.52. The van der Waals surface area contributed by atoms with Gasteiger partial charge in [0.05, 0.1) is 29.9 Å². The van der Waals surface area contributed by atoms with Crippen LogP contribution in [0, 0.1) is 0 Å².